The van der Waals surface area contributed by atoms with Gasteiger partial charge in [-0.2, -0.15) is 0 Å². The Morgan fingerprint density at radius 3 is 2.46 bits per heavy atom. The molecule has 4 aliphatic heterocycles. The molecule has 2 saturated heterocycles. The molecule has 9 heteroatoms. The second-order valence-electron chi connectivity index (χ2n) is 11.4. The molecule has 210 valence electrons. The Hall–Kier alpha value is -3.17. The van der Waals surface area contributed by atoms with E-state index in [2.05, 4.69) is 0 Å². The average molecular weight is 539 g/mol. The van der Waals surface area contributed by atoms with Crippen molar-refractivity contribution in [3.8, 4) is 5.75 Å². The van der Waals surface area contributed by atoms with Gasteiger partial charge in [-0.05, 0) is 56.4 Å². The Labute approximate surface area is 229 Å². The second-order valence-corrected chi connectivity index (χ2v) is 11.4. The number of likely N-dealkylation sites (tertiary alicyclic amines) is 1. The van der Waals surface area contributed by atoms with Gasteiger partial charge < -0.3 is 29.1 Å². The number of aliphatic hydroxyl groups excluding tert-OH is 1. The number of carbonyl (C=O) groups is 3. The number of esters is 1. The van der Waals surface area contributed by atoms with Gasteiger partial charge in [0.05, 0.1) is 37.9 Å². The highest BCUT2D eigenvalue weighted by molar-refractivity contribution is 6.05. The maximum atomic E-state index is 14.5. The first-order valence-electron chi connectivity index (χ1n) is 13.8. The molecule has 2 amide bonds. The number of ether oxygens (including phenoxy) is 3. The molecule has 0 radical (unpaired) electrons. The van der Waals surface area contributed by atoms with Crippen LogP contribution in [-0.4, -0.2) is 77.9 Å². The Bertz CT molecular complexity index is 1180. The van der Waals surface area contributed by atoms with Gasteiger partial charge in [-0.1, -0.05) is 38.2 Å². The molecule has 0 aromatic heterocycles. The molecule has 1 unspecified atom stereocenters. The van der Waals surface area contributed by atoms with Gasteiger partial charge in [0, 0.05) is 12.2 Å². The van der Waals surface area contributed by atoms with Crippen LogP contribution in [0.3, 0.4) is 0 Å². The van der Waals surface area contributed by atoms with Crippen molar-refractivity contribution in [2.24, 2.45) is 17.8 Å². The third-order valence-corrected chi connectivity index (χ3v) is 8.64. The van der Waals surface area contributed by atoms with E-state index in [1.807, 2.05) is 32.1 Å². The molecule has 4 aliphatic rings. The van der Waals surface area contributed by atoms with Crippen LogP contribution in [0.4, 0.5) is 5.69 Å². The zero-order valence-corrected chi connectivity index (χ0v) is 23.0. The number of hydrogen-bond acceptors (Lipinski definition) is 7. The van der Waals surface area contributed by atoms with Crippen LogP contribution in [-0.2, 0) is 23.9 Å². The van der Waals surface area contributed by atoms with Gasteiger partial charge in [0.25, 0.3) is 5.91 Å². The predicted molar refractivity (Wildman–Crippen MR) is 144 cm³/mol. The van der Waals surface area contributed by atoms with Crippen LogP contribution in [0, 0.1) is 17.8 Å². The summed E-state index contributed by atoms with van der Waals surface area (Å²) in [4.78, 5) is 45.6. The molecular formula is C30H38N2O7. The Morgan fingerprint density at radius 2 is 1.79 bits per heavy atom. The zero-order chi connectivity index (χ0) is 27.9. The van der Waals surface area contributed by atoms with Gasteiger partial charge in [0.2, 0.25) is 5.91 Å². The summed E-state index contributed by atoms with van der Waals surface area (Å²) in [6.45, 7) is 5.81. The highest BCUT2D eigenvalue weighted by Gasteiger charge is 2.75. The van der Waals surface area contributed by atoms with Gasteiger partial charge in [0.15, 0.2) is 0 Å². The summed E-state index contributed by atoms with van der Waals surface area (Å²) >= 11 is 0. The summed E-state index contributed by atoms with van der Waals surface area (Å²) in [6.07, 6.45) is 9.90. The highest BCUT2D eigenvalue weighted by atomic mass is 16.6. The van der Waals surface area contributed by atoms with Crippen LogP contribution in [0.5, 0.6) is 5.75 Å². The molecule has 1 N–H and O–H groups in total. The van der Waals surface area contributed by atoms with E-state index in [1.54, 1.807) is 49.3 Å². The minimum Gasteiger partial charge on any atom is -0.497 e. The van der Waals surface area contributed by atoms with Crippen LogP contribution in [0.2, 0.25) is 0 Å². The van der Waals surface area contributed by atoms with Crippen LogP contribution in [0.1, 0.15) is 40.0 Å². The number of benzene rings is 1. The third kappa shape index (κ3) is 4.36. The van der Waals surface area contributed by atoms with E-state index in [0.717, 1.165) is 19.3 Å². The fourth-order valence-electron chi connectivity index (χ4n) is 6.71. The van der Waals surface area contributed by atoms with Crippen molar-refractivity contribution in [3.63, 3.8) is 0 Å². The number of rotatable bonds is 5. The van der Waals surface area contributed by atoms with Crippen molar-refractivity contribution in [2.75, 3.05) is 31.8 Å². The Morgan fingerprint density at radius 1 is 1.05 bits per heavy atom. The number of methoxy groups -OCH3 is 1. The predicted octanol–water partition coefficient (Wildman–Crippen LogP) is 2.87. The van der Waals surface area contributed by atoms with Gasteiger partial charge in [-0.15, -0.1) is 0 Å². The lowest BCUT2D eigenvalue weighted by Crippen LogP contribution is -2.59. The van der Waals surface area contributed by atoms with E-state index >= 15 is 0 Å². The van der Waals surface area contributed by atoms with Crippen LogP contribution >= 0.6 is 0 Å². The number of fused-ring (bicyclic) bond motifs is 2. The van der Waals surface area contributed by atoms with Gasteiger partial charge in [-0.3, -0.25) is 14.4 Å². The lowest BCUT2D eigenvalue weighted by molar-refractivity contribution is -0.160. The molecule has 0 aliphatic carbocycles. The number of amides is 2. The molecule has 5 rings (SSSR count). The standard InChI is InChI=1S/C30H38N2O7/c1-19(2)22(18-33)32-25-27(35)31(20-10-12-21(37-4)13-11-20)16-9-15-30(25)23(26(32)34)24-28(36)38-17-8-6-5-7-14-29(24,3)39-30/h7,9-15,19,22-25,33H,5-6,8,16-18H2,1-4H3/b14-7-/t22-,23-,24+,25?,29-,30-/m0/s1. The molecule has 0 bridgehead atoms. The number of anilines is 1. The smallest absolute Gasteiger partial charge is 0.313 e. The SMILES string of the molecule is COc1ccc(N2CC=C[C@]34O[C@@]5(C)/C=C\CCCCOC(=O)[C@H]5[C@H]3C(=O)N([C@@H](CO)C(C)C)C4C2=O)cc1. The number of hydrogen-bond donors (Lipinski definition) is 1. The van der Waals surface area contributed by atoms with E-state index < -0.39 is 41.1 Å². The van der Waals surface area contributed by atoms with Crippen LogP contribution in [0.15, 0.2) is 48.6 Å². The zero-order valence-electron chi connectivity index (χ0n) is 23.0. The summed E-state index contributed by atoms with van der Waals surface area (Å²) in [7, 11) is 1.58. The second kappa shape index (κ2) is 10.4. The topological polar surface area (TPSA) is 106 Å². The molecule has 4 heterocycles. The number of carbonyl (C=O) groups excluding carboxylic acids is 3. The first-order chi connectivity index (χ1) is 18.7. The van der Waals surface area contributed by atoms with E-state index in [9.17, 15) is 19.5 Å². The van der Waals surface area contributed by atoms with Crippen molar-refractivity contribution in [2.45, 2.75) is 63.3 Å². The van der Waals surface area contributed by atoms with Crippen molar-refractivity contribution in [3.05, 3.63) is 48.6 Å². The maximum Gasteiger partial charge on any atom is 0.313 e. The summed E-state index contributed by atoms with van der Waals surface area (Å²) in [5.74, 6) is -2.61. The summed E-state index contributed by atoms with van der Waals surface area (Å²) in [5, 5.41) is 10.4. The summed E-state index contributed by atoms with van der Waals surface area (Å²) < 4.78 is 17.8. The Kier molecular flexibility index (Phi) is 7.33. The number of allylic oxidation sites excluding steroid dienone is 1. The van der Waals surface area contributed by atoms with Gasteiger partial charge in [-0.25, -0.2) is 0 Å². The quantitative estimate of drug-likeness (QED) is 0.454. The maximum absolute atomic E-state index is 14.5. The minimum absolute atomic E-state index is 0.147. The Balaban J connectivity index is 1.66. The summed E-state index contributed by atoms with van der Waals surface area (Å²) in [5.41, 5.74) is -1.91. The number of cyclic esters (lactones) is 1. The lowest BCUT2D eigenvalue weighted by Gasteiger charge is -2.41. The van der Waals surface area contributed by atoms with Gasteiger partial charge in [0.1, 0.15) is 23.3 Å². The molecule has 6 atom stereocenters. The van der Waals surface area contributed by atoms with Crippen molar-refractivity contribution < 1.29 is 33.7 Å². The summed E-state index contributed by atoms with van der Waals surface area (Å²) in [6, 6.07) is 5.43. The van der Waals surface area contributed by atoms with Gasteiger partial charge >= 0.3 is 5.97 Å². The number of nitrogens with zero attached hydrogens (tertiary/aromatic N) is 2. The van der Waals surface area contributed by atoms with E-state index in [1.165, 1.54) is 4.90 Å². The van der Waals surface area contributed by atoms with E-state index in [-0.39, 0.29) is 37.5 Å². The molecule has 9 nitrogen and oxygen atoms in total. The van der Waals surface area contributed by atoms with Crippen molar-refractivity contribution in [1.82, 2.24) is 4.90 Å². The monoisotopic (exact) mass is 538 g/mol. The highest BCUT2D eigenvalue weighted by Crippen LogP contribution is 2.57. The number of aliphatic hydroxyl groups is 1. The first kappa shape index (κ1) is 27.4. The molecular weight excluding hydrogens is 500 g/mol. The molecule has 1 aromatic carbocycles. The first-order valence-corrected chi connectivity index (χ1v) is 13.8. The minimum atomic E-state index is -1.41. The fourth-order valence-corrected chi connectivity index (χ4v) is 6.71. The molecule has 39 heavy (non-hydrogen) atoms. The molecule has 1 spiro atoms. The van der Waals surface area contributed by atoms with Crippen molar-refractivity contribution >= 4 is 23.5 Å². The molecule has 2 fully saturated rings. The fraction of sp³-hybridized carbons (Fsp3) is 0.567. The van der Waals surface area contributed by atoms with Crippen LogP contribution < -0.4 is 9.64 Å². The van der Waals surface area contributed by atoms with E-state index in [0.29, 0.717) is 11.4 Å². The third-order valence-electron chi connectivity index (χ3n) is 8.64. The largest absolute Gasteiger partial charge is 0.497 e. The van der Waals surface area contributed by atoms with Crippen molar-refractivity contribution in [1.29, 1.82) is 0 Å². The normalized spacial score (nSPS) is 34.2. The molecule has 1 aromatic rings. The molecule has 0 saturated carbocycles. The van der Waals surface area contributed by atoms with E-state index in [4.69, 9.17) is 14.2 Å². The van der Waals surface area contributed by atoms with Crippen LogP contribution in [0.25, 0.3) is 0 Å². The average Bonchev–Trinajstić information content (AvgIpc) is 3.24. The lowest BCUT2D eigenvalue weighted by atomic mass is 9.74.